The molecule has 16 heavy (non-hydrogen) atoms. The van der Waals surface area contributed by atoms with Crippen molar-refractivity contribution in [3.63, 3.8) is 0 Å². The van der Waals surface area contributed by atoms with E-state index in [-0.39, 0.29) is 0 Å². The number of hydrogen-bond donors (Lipinski definition) is 0. The summed E-state index contributed by atoms with van der Waals surface area (Å²) in [7, 11) is 0. The number of hydrogen-bond acceptors (Lipinski definition) is 2. The molecule has 0 bridgehead atoms. The molecule has 0 aromatic carbocycles. The van der Waals surface area contributed by atoms with Crippen LogP contribution in [0.1, 0.15) is 58.3 Å². The van der Waals surface area contributed by atoms with Crippen LogP contribution in [0.2, 0.25) is 0 Å². The molecule has 1 saturated carbocycles. The van der Waals surface area contributed by atoms with Gasteiger partial charge in [-0.05, 0) is 51.6 Å². The third kappa shape index (κ3) is 2.85. The van der Waals surface area contributed by atoms with E-state index in [1.165, 1.54) is 32.2 Å². The summed E-state index contributed by atoms with van der Waals surface area (Å²) in [5, 5.41) is 0. The summed E-state index contributed by atoms with van der Waals surface area (Å²) in [4.78, 5) is 14.2. The van der Waals surface area contributed by atoms with Crippen molar-refractivity contribution in [3.8, 4) is 0 Å². The van der Waals surface area contributed by atoms with Crippen molar-refractivity contribution in [1.82, 2.24) is 4.90 Å². The molecule has 0 aromatic rings. The van der Waals surface area contributed by atoms with Gasteiger partial charge < -0.3 is 4.90 Å². The monoisotopic (exact) mass is 223 g/mol. The first kappa shape index (κ1) is 12.1. The summed E-state index contributed by atoms with van der Waals surface area (Å²) in [5.41, 5.74) is 0. The van der Waals surface area contributed by atoms with E-state index in [0.717, 1.165) is 38.3 Å². The first-order valence-electron chi connectivity index (χ1n) is 7.08. The third-order valence-electron chi connectivity index (χ3n) is 4.42. The highest BCUT2D eigenvalue weighted by molar-refractivity contribution is 5.82. The van der Waals surface area contributed by atoms with Crippen LogP contribution in [0.4, 0.5) is 0 Å². The number of Topliss-reactive ketones (excluding diaryl/α,β-unsaturated/α-hetero) is 1. The van der Waals surface area contributed by atoms with Gasteiger partial charge in [0.2, 0.25) is 0 Å². The predicted molar refractivity (Wildman–Crippen MR) is 66.5 cm³/mol. The van der Waals surface area contributed by atoms with E-state index in [2.05, 4.69) is 11.8 Å². The van der Waals surface area contributed by atoms with Crippen molar-refractivity contribution in [2.45, 2.75) is 64.3 Å². The topological polar surface area (TPSA) is 20.3 Å². The molecule has 1 aliphatic carbocycles. The molecule has 2 unspecified atom stereocenters. The Morgan fingerprint density at radius 1 is 1.25 bits per heavy atom. The number of nitrogens with zero attached hydrogens (tertiary/aromatic N) is 1. The third-order valence-corrected chi connectivity index (χ3v) is 4.42. The molecule has 2 nitrogen and oxygen atoms in total. The van der Waals surface area contributed by atoms with Gasteiger partial charge >= 0.3 is 0 Å². The summed E-state index contributed by atoms with van der Waals surface area (Å²) < 4.78 is 0. The number of ketones is 1. The Hall–Kier alpha value is -0.370. The molecule has 0 radical (unpaired) electrons. The fourth-order valence-electron chi connectivity index (χ4n) is 3.33. The Morgan fingerprint density at radius 3 is 2.81 bits per heavy atom. The van der Waals surface area contributed by atoms with Crippen LogP contribution in [0.3, 0.4) is 0 Å². The normalized spacial score (nSPS) is 32.2. The minimum absolute atomic E-state index is 0.402. The van der Waals surface area contributed by atoms with Gasteiger partial charge in [0.25, 0.3) is 0 Å². The number of carbonyl (C=O) groups is 1. The van der Waals surface area contributed by atoms with Crippen molar-refractivity contribution in [1.29, 1.82) is 0 Å². The van der Waals surface area contributed by atoms with Crippen LogP contribution < -0.4 is 0 Å². The first-order valence-corrected chi connectivity index (χ1v) is 7.08. The molecule has 0 amide bonds. The van der Waals surface area contributed by atoms with Gasteiger partial charge in [-0.2, -0.15) is 0 Å². The van der Waals surface area contributed by atoms with Crippen molar-refractivity contribution in [2.24, 2.45) is 5.92 Å². The maximum atomic E-state index is 11.6. The minimum Gasteiger partial charge on any atom is -0.300 e. The average Bonchev–Trinajstić information content (AvgIpc) is 2.72. The molecule has 2 fully saturated rings. The van der Waals surface area contributed by atoms with Crippen molar-refractivity contribution in [3.05, 3.63) is 0 Å². The van der Waals surface area contributed by atoms with E-state index in [4.69, 9.17) is 0 Å². The molecule has 2 heteroatoms. The molecule has 0 N–H and O–H groups in total. The van der Waals surface area contributed by atoms with E-state index in [0.29, 0.717) is 11.7 Å². The number of rotatable bonds is 4. The van der Waals surface area contributed by atoms with Crippen molar-refractivity contribution >= 4 is 5.78 Å². The molecular weight excluding hydrogens is 198 g/mol. The predicted octanol–water partition coefficient (Wildman–Crippen LogP) is 3.01. The highest BCUT2D eigenvalue weighted by Gasteiger charge is 2.26. The maximum absolute atomic E-state index is 11.6. The van der Waals surface area contributed by atoms with Crippen LogP contribution in [0.15, 0.2) is 0 Å². The van der Waals surface area contributed by atoms with Crippen LogP contribution in [-0.2, 0) is 4.79 Å². The van der Waals surface area contributed by atoms with Crippen LogP contribution in [0.5, 0.6) is 0 Å². The second-order valence-corrected chi connectivity index (χ2v) is 5.44. The summed E-state index contributed by atoms with van der Waals surface area (Å²) in [6.07, 6.45) is 9.67. The number of likely N-dealkylation sites (tertiary alicyclic amines) is 1. The van der Waals surface area contributed by atoms with Gasteiger partial charge in [0, 0.05) is 18.4 Å². The lowest BCUT2D eigenvalue weighted by Gasteiger charge is -2.35. The smallest absolute Gasteiger partial charge is 0.136 e. The minimum atomic E-state index is 0.402. The van der Waals surface area contributed by atoms with Crippen molar-refractivity contribution < 1.29 is 4.79 Å². The summed E-state index contributed by atoms with van der Waals surface area (Å²) in [5.74, 6) is 0.935. The van der Waals surface area contributed by atoms with E-state index in [9.17, 15) is 4.79 Å². The molecule has 92 valence electrons. The molecule has 2 rings (SSSR count). The Bertz CT molecular complexity index is 239. The van der Waals surface area contributed by atoms with Crippen LogP contribution in [0.25, 0.3) is 0 Å². The fraction of sp³-hybridized carbons (Fsp3) is 0.929. The average molecular weight is 223 g/mol. The maximum Gasteiger partial charge on any atom is 0.136 e. The number of piperidine rings is 1. The van der Waals surface area contributed by atoms with Gasteiger partial charge in [0.1, 0.15) is 5.78 Å². The van der Waals surface area contributed by atoms with Gasteiger partial charge in [0.05, 0.1) is 0 Å². The standard InChI is InChI=1S/C14H25NO/c1-2-13-7-3-4-10-15(13)11-9-12-6-5-8-14(12)16/h12-13H,2-11H2,1H3. The highest BCUT2D eigenvalue weighted by Crippen LogP contribution is 2.26. The Balaban J connectivity index is 1.77. The molecule has 1 aliphatic heterocycles. The molecule has 0 aromatic heterocycles. The van der Waals surface area contributed by atoms with E-state index in [1.807, 2.05) is 0 Å². The molecule has 0 spiro atoms. The van der Waals surface area contributed by atoms with Crippen LogP contribution in [-0.4, -0.2) is 29.8 Å². The molecule has 1 heterocycles. The van der Waals surface area contributed by atoms with Crippen LogP contribution in [0, 0.1) is 5.92 Å². The zero-order chi connectivity index (χ0) is 11.4. The van der Waals surface area contributed by atoms with Gasteiger partial charge in [-0.25, -0.2) is 0 Å². The quantitative estimate of drug-likeness (QED) is 0.730. The first-order chi connectivity index (χ1) is 7.81. The molecule has 2 atom stereocenters. The summed E-state index contributed by atoms with van der Waals surface area (Å²) >= 11 is 0. The zero-order valence-electron chi connectivity index (χ0n) is 10.6. The molecular formula is C14H25NO. The summed E-state index contributed by atoms with van der Waals surface area (Å²) in [6, 6.07) is 0.797. The lowest BCUT2D eigenvalue weighted by Crippen LogP contribution is -2.40. The Labute approximate surface area is 99.4 Å². The van der Waals surface area contributed by atoms with E-state index >= 15 is 0 Å². The second kappa shape index (κ2) is 5.81. The second-order valence-electron chi connectivity index (χ2n) is 5.44. The molecule has 1 saturated heterocycles. The number of carbonyl (C=O) groups excluding carboxylic acids is 1. The van der Waals surface area contributed by atoms with Gasteiger partial charge in [0.15, 0.2) is 0 Å². The lowest BCUT2D eigenvalue weighted by atomic mass is 9.97. The zero-order valence-corrected chi connectivity index (χ0v) is 10.6. The summed E-state index contributed by atoms with van der Waals surface area (Å²) in [6.45, 7) is 4.72. The van der Waals surface area contributed by atoms with E-state index < -0.39 is 0 Å². The van der Waals surface area contributed by atoms with Gasteiger partial charge in [-0.1, -0.05) is 13.3 Å². The van der Waals surface area contributed by atoms with Crippen molar-refractivity contribution in [2.75, 3.05) is 13.1 Å². The Morgan fingerprint density at radius 2 is 2.12 bits per heavy atom. The molecule has 2 aliphatic rings. The Kier molecular flexibility index (Phi) is 4.39. The lowest BCUT2D eigenvalue weighted by molar-refractivity contribution is -0.121. The van der Waals surface area contributed by atoms with Gasteiger partial charge in [-0.15, -0.1) is 0 Å². The van der Waals surface area contributed by atoms with Gasteiger partial charge in [-0.3, -0.25) is 4.79 Å². The fourth-order valence-corrected chi connectivity index (χ4v) is 3.33. The highest BCUT2D eigenvalue weighted by atomic mass is 16.1. The SMILES string of the molecule is CCC1CCCCN1CCC1CCCC1=O. The largest absolute Gasteiger partial charge is 0.300 e. The van der Waals surface area contributed by atoms with E-state index in [1.54, 1.807) is 0 Å². The van der Waals surface area contributed by atoms with Crippen LogP contribution >= 0.6 is 0 Å².